The van der Waals surface area contributed by atoms with E-state index >= 15 is 0 Å². The number of ether oxygens (including phenoxy) is 2. The van der Waals surface area contributed by atoms with Crippen LogP contribution in [0.25, 0.3) is 10.8 Å². The molecule has 4 rings (SSSR count). The average Bonchev–Trinajstić information content (AvgIpc) is 2.79. The minimum atomic E-state index is -0.0451. The molecule has 0 heterocycles. The van der Waals surface area contributed by atoms with Crippen molar-refractivity contribution in [1.29, 1.82) is 0 Å². The SMILES string of the molecule is O=C(Cc1cccc2ccccc12)Nc1ccc(OCCOc2ccccc2)cc1. The van der Waals surface area contributed by atoms with Crippen LogP contribution in [0.3, 0.4) is 0 Å². The van der Waals surface area contributed by atoms with Crippen LogP contribution in [0.15, 0.2) is 97.1 Å². The normalized spacial score (nSPS) is 10.5. The second-order valence-corrected chi connectivity index (χ2v) is 6.90. The Hall–Kier alpha value is -3.79. The van der Waals surface area contributed by atoms with Gasteiger partial charge in [0.15, 0.2) is 0 Å². The predicted octanol–water partition coefficient (Wildman–Crippen LogP) is 5.48. The maximum Gasteiger partial charge on any atom is 0.228 e. The Labute approximate surface area is 176 Å². The van der Waals surface area contributed by atoms with Crippen molar-refractivity contribution < 1.29 is 14.3 Å². The first-order valence-corrected chi connectivity index (χ1v) is 9.95. The van der Waals surface area contributed by atoms with Gasteiger partial charge in [-0.2, -0.15) is 0 Å². The molecular weight excluding hydrogens is 374 g/mol. The number of benzene rings is 4. The summed E-state index contributed by atoms with van der Waals surface area (Å²) in [6.07, 6.45) is 0.330. The molecule has 150 valence electrons. The molecule has 4 heteroatoms. The fourth-order valence-electron chi connectivity index (χ4n) is 3.30. The predicted molar refractivity (Wildman–Crippen MR) is 120 cm³/mol. The van der Waals surface area contributed by atoms with Crippen LogP contribution in [-0.4, -0.2) is 19.1 Å². The summed E-state index contributed by atoms with van der Waals surface area (Å²) in [4.78, 5) is 12.5. The van der Waals surface area contributed by atoms with Crippen LogP contribution < -0.4 is 14.8 Å². The Morgan fingerprint density at radius 2 is 1.30 bits per heavy atom. The summed E-state index contributed by atoms with van der Waals surface area (Å²) in [6.45, 7) is 0.912. The molecule has 0 atom stereocenters. The van der Waals surface area contributed by atoms with Gasteiger partial charge in [-0.15, -0.1) is 0 Å². The molecule has 4 nitrogen and oxygen atoms in total. The van der Waals surface area contributed by atoms with Gasteiger partial charge >= 0.3 is 0 Å². The van der Waals surface area contributed by atoms with E-state index in [1.807, 2.05) is 84.9 Å². The third-order valence-electron chi connectivity index (χ3n) is 4.73. The number of para-hydroxylation sites is 1. The maximum atomic E-state index is 12.5. The van der Waals surface area contributed by atoms with Gasteiger partial charge in [-0.25, -0.2) is 0 Å². The Balaban J connectivity index is 1.27. The van der Waals surface area contributed by atoms with Crippen molar-refractivity contribution in [3.8, 4) is 11.5 Å². The van der Waals surface area contributed by atoms with E-state index in [1.54, 1.807) is 0 Å². The summed E-state index contributed by atoms with van der Waals surface area (Å²) in [5.41, 5.74) is 1.76. The van der Waals surface area contributed by atoms with E-state index in [0.717, 1.165) is 33.5 Å². The van der Waals surface area contributed by atoms with Crippen LogP contribution in [0.2, 0.25) is 0 Å². The highest BCUT2D eigenvalue weighted by Gasteiger charge is 2.07. The summed E-state index contributed by atoms with van der Waals surface area (Å²) in [5.74, 6) is 1.51. The molecule has 0 radical (unpaired) electrons. The van der Waals surface area contributed by atoms with Gasteiger partial charge < -0.3 is 14.8 Å². The lowest BCUT2D eigenvalue weighted by Crippen LogP contribution is -2.14. The highest BCUT2D eigenvalue weighted by molar-refractivity contribution is 5.96. The zero-order valence-corrected chi connectivity index (χ0v) is 16.6. The van der Waals surface area contributed by atoms with Crippen LogP contribution in [0, 0.1) is 0 Å². The molecule has 30 heavy (non-hydrogen) atoms. The van der Waals surface area contributed by atoms with E-state index in [9.17, 15) is 4.79 Å². The number of nitrogens with one attached hydrogen (secondary N) is 1. The van der Waals surface area contributed by atoms with E-state index in [1.165, 1.54) is 0 Å². The summed E-state index contributed by atoms with van der Waals surface area (Å²) >= 11 is 0. The molecule has 1 amide bonds. The Bertz CT molecular complexity index is 1100. The lowest BCUT2D eigenvalue weighted by atomic mass is 10.0. The Kier molecular flexibility index (Phi) is 6.25. The van der Waals surface area contributed by atoms with Crippen LogP contribution in [-0.2, 0) is 11.2 Å². The first kappa shape index (κ1) is 19.5. The van der Waals surface area contributed by atoms with Gasteiger partial charge in [0.25, 0.3) is 0 Å². The molecule has 0 fully saturated rings. The lowest BCUT2D eigenvalue weighted by Gasteiger charge is -2.10. The molecule has 0 saturated heterocycles. The lowest BCUT2D eigenvalue weighted by molar-refractivity contribution is -0.115. The highest BCUT2D eigenvalue weighted by atomic mass is 16.5. The minimum absolute atomic E-state index is 0.0451. The molecule has 0 aliphatic heterocycles. The molecule has 4 aromatic carbocycles. The third kappa shape index (κ3) is 5.17. The first-order valence-electron chi connectivity index (χ1n) is 9.95. The van der Waals surface area contributed by atoms with Gasteiger partial charge in [-0.3, -0.25) is 4.79 Å². The van der Waals surface area contributed by atoms with Crippen molar-refractivity contribution in [3.63, 3.8) is 0 Å². The smallest absolute Gasteiger partial charge is 0.228 e. The van der Waals surface area contributed by atoms with Gasteiger partial charge in [0.05, 0.1) is 6.42 Å². The summed E-state index contributed by atoms with van der Waals surface area (Å²) in [7, 11) is 0. The van der Waals surface area contributed by atoms with Crippen molar-refractivity contribution in [2.24, 2.45) is 0 Å². The van der Waals surface area contributed by atoms with Crippen molar-refractivity contribution in [2.45, 2.75) is 6.42 Å². The zero-order chi connectivity index (χ0) is 20.6. The molecule has 0 spiro atoms. The van der Waals surface area contributed by atoms with E-state index < -0.39 is 0 Å². The van der Waals surface area contributed by atoms with Crippen LogP contribution >= 0.6 is 0 Å². The first-order chi connectivity index (χ1) is 14.8. The Morgan fingerprint density at radius 3 is 2.07 bits per heavy atom. The quantitative estimate of drug-likeness (QED) is 0.401. The molecule has 0 aliphatic carbocycles. The summed E-state index contributed by atoms with van der Waals surface area (Å²) in [5, 5.41) is 5.20. The van der Waals surface area contributed by atoms with E-state index in [2.05, 4.69) is 17.4 Å². The van der Waals surface area contributed by atoms with Gasteiger partial charge in [0.2, 0.25) is 5.91 Å². The number of amides is 1. The number of rotatable bonds is 8. The molecular formula is C26H23NO3. The van der Waals surface area contributed by atoms with Gasteiger partial charge in [0.1, 0.15) is 24.7 Å². The van der Waals surface area contributed by atoms with E-state index in [0.29, 0.717) is 19.6 Å². The van der Waals surface area contributed by atoms with Gasteiger partial charge in [-0.1, -0.05) is 60.7 Å². The molecule has 0 bridgehead atoms. The third-order valence-corrected chi connectivity index (χ3v) is 4.73. The number of carbonyl (C=O) groups is 1. The van der Waals surface area contributed by atoms with Crippen molar-refractivity contribution in [3.05, 3.63) is 103 Å². The number of anilines is 1. The van der Waals surface area contributed by atoms with Crippen molar-refractivity contribution >= 4 is 22.4 Å². The monoisotopic (exact) mass is 397 g/mol. The molecule has 0 aliphatic rings. The van der Waals surface area contributed by atoms with Gasteiger partial charge in [-0.05, 0) is 52.7 Å². The molecule has 0 saturated carbocycles. The number of hydrogen-bond donors (Lipinski definition) is 1. The van der Waals surface area contributed by atoms with Crippen LogP contribution in [0.1, 0.15) is 5.56 Å². The average molecular weight is 397 g/mol. The van der Waals surface area contributed by atoms with E-state index in [4.69, 9.17) is 9.47 Å². The van der Waals surface area contributed by atoms with E-state index in [-0.39, 0.29) is 5.91 Å². The number of carbonyl (C=O) groups excluding carboxylic acids is 1. The fourth-order valence-corrected chi connectivity index (χ4v) is 3.30. The van der Waals surface area contributed by atoms with Crippen molar-refractivity contribution in [1.82, 2.24) is 0 Å². The minimum Gasteiger partial charge on any atom is -0.490 e. The maximum absolute atomic E-state index is 12.5. The standard InChI is InChI=1S/C26H23NO3/c28-26(19-21-9-6-8-20-7-4-5-12-25(20)21)27-22-13-15-24(16-14-22)30-18-17-29-23-10-2-1-3-11-23/h1-16H,17-19H2,(H,27,28). The molecule has 1 N–H and O–H groups in total. The van der Waals surface area contributed by atoms with Crippen molar-refractivity contribution in [2.75, 3.05) is 18.5 Å². The second kappa shape index (κ2) is 9.61. The summed E-state index contributed by atoms with van der Waals surface area (Å²) in [6, 6.07) is 31.2. The largest absolute Gasteiger partial charge is 0.490 e. The van der Waals surface area contributed by atoms with Gasteiger partial charge in [0, 0.05) is 5.69 Å². The molecule has 0 aromatic heterocycles. The molecule has 0 unspecified atom stereocenters. The second-order valence-electron chi connectivity index (χ2n) is 6.90. The fraction of sp³-hybridized carbons (Fsp3) is 0.115. The topological polar surface area (TPSA) is 47.6 Å². The molecule has 4 aromatic rings. The zero-order valence-electron chi connectivity index (χ0n) is 16.6. The van der Waals surface area contributed by atoms with Crippen LogP contribution in [0.5, 0.6) is 11.5 Å². The number of hydrogen-bond acceptors (Lipinski definition) is 3. The summed E-state index contributed by atoms with van der Waals surface area (Å²) < 4.78 is 11.3. The highest BCUT2D eigenvalue weighted by Crippen LogP contribution is 2.20. The Morgan fingerprint density at radius 1 is 0.667 bits per heavy atom. The van der Waals surface area contributed by atoms with Crippen LogP contribution in [0.4, 0.5) is 5.69 Å². The number of fused-ring (bicyclic) bond motifs is 1.